The highest BCUT2D eigenvalue weighted by Gasteiger charge is 2.29. The fraction of sp³-hybridized carbons (Fsp3) is 0.611. The lowest BCUT2D eigenvalue weighted by atomic mass is 10.0. The number of ether oxygens (including phenoxy) is 1. The number of amides is 1. The Hall–Kier alpha value is -1.75. The predicted octanol–water partition coefficient (Wildman–Crippen LogP) is 2.31. The SMILES string of the molecule is COCC1CCCN1c1ccc(C(N)=O)c(N2CCCC2)c1C. The maximum Gasteiger partial charge on any atom is 0.250 e. The average Bonchev–Trinajstić information content (AvgIpc) is 3.18. The zero-order valence-electron chi connectivity index (χ0n) is 14.2. The summed E-state index contributed by atoms with van der Waals surface area (Å²) in [5, 5.41) is 0. The molecule has 1 aromatic rings. The molecule has 2 N–H and O–H groups in total. The third kappa shape index (κ3) is 3.02. The number of carbonyl (C=O) groups is 1. The van der Waals surface area contributed by atoms with Gasteiger partial charge in [-0.15, -0.1) is 0 Å². The summed E-state index contributed by atoms with van der Waals surface area (Å²) < 4.78 is 5.38. The minimum atomic E-state index is -0.337. The summed E-state index contributed by atoms with van der Waals surface area (Å²) in [4.78, 5) is 16.6. The number of hydrogen-bond donors (Lipinski definition) is 1. The van der Waals surface area contributed by atoms with Crippen LogP contribution in [0, 0.1) is 6.92 Å². The van der Waals surface area contributed by atoms with Gasteiger partial charge in [0.15, 0.2) is 0 Å². The summed E-state index contributed by atoms with van der Waals surface area (Å²) in [5.74, 6) is -0.337. The van der Waals surface area contributed by atoms with Gasteiger partial charge in [0.1, 0.15) is 0 Å². The number of rotatable bonds is 5. The molecule has 5 nitrogen and oxygen atoms in total. The first-order valence-corrected chi connectivity index (χ1v) is 8.57. The van der Waals surface area contributed by atoms with Gasteiger partial charge in [0.25, 0.3) is 5.91 Å². The minimum Gasteiger partial charge on any atom is -0.383 e. The first-order chi connectivity index (χ1) is 11.1. The van der Waals surface area contributed by atoms with E-state index in [1.54, 1.807) is 7.11 Å². The molecule has 0 spiro atoms. The zero-order chi connectivity index (χ0) is 16.4. The van der Waals surface area contributed by atoms with Crippen molar-refractivity contribution in [1.29, 1.82) is 0 Å². The average molecular weight is 317 g/mol. The molecule has 2 heterocycles. The van der Waals surface area contributed by atoms with Crippen LogP contribution in [-0.2, 0) is 4.74 Å². The molecule has 23 heavy (non-hydrogen) atoms. The molecule has 0 aliphatic carbocycles. The van der Waals surface area contributed by atoms with Crippen molar-refractivity contribution < 1.29 is 9.53 Å². The molecule has 126 valence electrons. The van der Waals surface area contributed by atoms with Gasteiger partial charge in [-0.2, -0.15) is 0 Å². The van der Waals surface area contributed by atoms with Crippen LogP contribution >= 0.6 is 0 Å². The summed E-state index contributed by atoms with van der Waals surface area (Å²) in [5.41, 5.74) is 9.71. The number of nitrogens with two attached hydrogens (primary N) is 1. The second kappa shape index (κ2) is 6.79. The largest absolute Gasteiger partial charge is 0.383 e. The van der Waals surface area contributed by atoms with E-state index < -0.39 is 0 Å². The predicted molar refractivity (Wildman–Crippen MR) is 93.4 cm³/mol. The molecule has 2 aliphatic rings. The molecule has 2 fully saturated rings. The van der Waals surface area contributed by atoms with Crippen molar-refractivity contribution in [2.75, 3.05) is 43.2 Å². The van der Waals surface area contributed by atoms with Gasteiger partial charge in [0.2, 0.25) is 0 Å². The second-order valence-electron chi connectivity index (χ2n) is 6.61. The number of methoxy groups -OCH3 is 1. The summed E-state index contributed by atoms with van der Waals surface area (Å²) >= 11 is 0. The first kappa shape index (κ1) is 16.1. The van der Waals surface area contributed by atoms with E-state index in [-0.39, 0.29) is 5.91 Å². The van der Waals surface area contributed by atoms with Gasteiger partial charge in [-0.3, -0.25) is 4.79 Å². The molecule has 0 radical (unpaired) electrons. The molecule has 3 rings (SSSR count). The number of carbonyl (C=O) groups excluding carboxylic acids is 1. The van der Waals surface area contributed by atoms with E-state index in [1.807, 2.05) is 6.07 Å². The van der Waals surface area contributed by atoms with E-state index >= 15 is 0 Å². The van der Waals surface area contributed by atoms with Crippen LogP contribution in [0.2, 0.25) is 0 Å². The van der Waals surface area contributed by atoms with Crippen molar-refractivity contribution in [1.82, 2.24) is 0 Å². The van der Waals surface area contributed by atoms with Gasteiger partial charge < -0.3 is 20.3 Å². The van der Waals surface area contributed by atoms with Crippen molar-refractivity contribution in [3.8, 4) is 0 Å². The highest BCUT2D eigenvalue weighted by molar-refractivity contribution is 6.00. The summed E-state index contributed by atoms with van der Waals surface area (Å²) in [6, 6.07) is 4.38. The van der Waals surface area contributed by atoms with Crippen LogP contribution in [0.25, 0.3) is 0 Å². The molecule has 0 aromatic heterocycles. The monoisotopic (exact) mass is 317 g/mol. The van der Waals surface area contributed by atoms with E-state index in [2.05, 4.69) is 22.8 Å². The summed E-state index contributed by atoms with van der Waals surface area (Å²) in [6.07, 6.45) is 4.70. The number of anilines is 2. The molecule has 1 unspecified atom stereocenters. The molecule has 2 saturated heterocycles. The Morgan fingerprint density at radius 3 is 2.65 bits per heavy atom. The Morgan fingerprint density at radius 2 is 2.00 bits per heavy atom. The summed E-state index contributed by atoms with van der Waals surface area (Å²) in [7, 11) is 1.76. The fourth-order valence-corrected chi connectivity index (χ4v) is 4.07. The topological polar surface area (TPSA) is 58.8 Å². The Labute approximate surface area is 138 Å². The van der Waals surface area contributed by atoms with Crippen molar-refractivity contribution in [3.05, 3.63) is 23.3 Å². The van der Waals surface area contributed by atoms with Crippen LogP contribution in [0.5, 0.6) is 0 Å². The maximum absolute atomic E-state index is 11.9. The normalized spacial score (nSPS) is 21.2. The minimum absolute atomic E-state index is 0.337. The summed E-state index contributed by atoms with van der Waals surface area (Å²) in [6.45, 7) is 5.93. The van der Waals surface area contributed by atoms with E-state index in [9.17, 15) is 4.79 Å². The number of nitrogens with zero attached hydrogens (tertiary/aromatic N) is 2. The molecule has 5 heteroatoms. The lowest BCUT2D eigenvalue weighted by Gasteiger charge is -2.31. The number of primary amides is 1. The van der Waals surface area contributed by atoms with Crippen molar-refractivity contribution in [2.24, 2.45) is 5.73 Å². The Bertz CT molecular complexity index is 582. The van der Waals surface area contributed by atoms with Gasteiger partial charge in [0, 0.05) is 32.4 Å². The lowest BCUT2D eigenvalue weighted by molar-refractivity contribution is 0.100. The first-order valence-electron chi connectivity index (χ1n) is 8.57. The quantitative estimate of drug-likeness (QED) is 0.905. The van der Waals surface area contributed by atoms with Crippen molar-refractivity contribution in [3.63, 3.8) is 0 Å². The van der Waals surface area contributed by atoms with Gasteiger partial charge in [0.05, 0.1) is 23.9 Å². The van der Waals surface area contributed by atoms with Crippen LogP contribution < -0.4 is 15.5 Å². The van der Waals surface area contributed by atoms with Gasteiger partial charge >= 0.3 is 0 Å². The number of benzene rings is 1. The third-order valence-corrected chi connectivity index (χ3v) is 5.14. The van der Waals surface area contributed by atoms with Crippen LogP contribution in [0.4, 0.5) is 11.4 Å². The lowest BCUT2D eigenvalue weighted by Crippen LogP contribution is -2.34. The highest BCUT2D eigenvalue weighted by atomic mass is 16.5. The molecule has 2 aliphatic heterocycles. The van der Waals surface area contributed by atoms with E-state index in [0.717, 1.165) is 38.3 Å². The van der Waals surface area contributed by atoms with Crippen LogP contribution in [0.3, 0.4) is 0 Å². The van der Waals surface area contributed by atoms with Gasteiger partial charge in [-0.25, -0.2) is 0 Å². The molecular formula is C18H27N3O2. The maximum atomic E-state index is 11.9. The van der Waals surface area contributed by atoms with Crippen LogP contribution in [-0.4, -0.2) is 45.3 Å². The van der Waals surface area contributed by atoms with E-state index in [4.69, 9.17) is 10.5 Å². The Balaban J connectivity index is 2.01. The van der Waals surface area contributed by atoms with Crippen LogP contribution in [0.15, 0.2) is 12.1 Å². The highest BCUT2D eigenvalue weighted by Crippen LogP contribution is 2.37. The Morgan fingerprint density at radius 1 is 1.26 bits per heavy atom. The van der Waals surface area contributed by atoms with Crippen molar-refractivity contribution in [2.45, 2.75) is 38.6 Å². The number of hydrogen-bond acceptors (Lipinski definition) is 4. The van der Waals surface area contributed by atoms with E-state index in [1.165, 1.54) is 30.5 Å². The molecule has 0 saturated carbocycles. The van der Waals surface area contributed by atoms with Gasteiger partial charge in [-0.1, -0.05) is 0 Å². The van der Waals surface area contributed by atoms with Crippen molar-refractivity contribution >= 4 is 17.3 Å². The smallest absolute Gasteiger partial charge is 0.250 e. The second-order valence-corrected chi connectivity index (χ2v) is 6.61. The Kier molecular flexibility index (Phi) is 4.76. The molecular weight excluding hydrogens is 290 g/mol. The third-order valence-electron chi connectivity index (χ3n) is 5.14. The zero-order valence-corrected chi connectivity index (χ0v) is 14.2. The molecule has 1 aromatic carbocycles. The standard InChI is InChI=1S/C18H27N3O2/c1-13-16(21-11-5-6-14(21)12-23-2)8-7-15(18(19)22)17(13)20-9-3-4-10-20/h7-8,14H,3-6,9-12H2,1-2H3,(H2,19,22). The molecule has 1 atom stereocenters. The van der Waals surface area contributed by atoms with E-state index in [0.29, 0.717) is 11.6 Å². The van der Waals surface area contributed by atoms with Gasteiger partial charge in [-0.05, 0) is 50.3 Å². The van der Waals surface area contributed by atoms with Crippen LogP contribution in [0.1, 0.15) is 41.6 Å². The fourth-order valence-electron chi connectivity index (χ4n) is 4.07. The molecule has 0 bridgehead atoms. The molecule has 1 amide bonds.